The molecule has 0 bridgehead atoms. The summed E-state index contributed by atoms with van der Waals surface area (Å²) in [6, 6.07) is 13.8. The van der Waals surface area contributed by atoms with Gasteiger partial charge in [-0.05, 0) is 49.7 Å². The van der Waals surface area contributed by atoms with Gasteiger partial charge in [0.05, 0.1) is 11.3 Å². The Hall–Kier alpha value is -3.08. The number of carbonyl (C=O) groups excluding carboxylic acids is 2. The highest BCUT2D eigenvalue weighted by Gasteiger charge is 2.15. The van der Waals surface area contributed by atoms with Gasteiger partial charge < -0.3 is 15.4 Å². The molecule has 2 aromatic rings. The molecule has 26 heavy (non-hydrogen) atoms. The normalized spacial score (nSPS) is 11.3. The van der Waals surface area contributed by atoms with E-state index in [9.17, 15) is 9.59 Å². The van der Waals surface area contributed by atoms with E-state index >= 15 is 0 Å². The maximum absolute atomic E-state index is 12.5. The van der Waals surface area contributed by atoms with Gasteiger partial charge in [0, 0.05) is 11.6 Å². The first-order valence-corrected chi connectivity index (χ1v) is 8.60. The molecule has 0 aliphatic carbocycles. The number of ether oxygens (including phenoxy) is 1. The van der Waals surface area contributed by atoms with Crippen molar-refractivity contribution in [1.82, 2.24) is 5.32 Å². The van der Waals surface area contributed by atoms with Crippen molar-refractivity contribution < 1.29 is 14.3 Å². The van der Waals surface area contributed by atoms with E-state index in [2.05, 4.69) is 17.2 Å². The topological polar surface area (TPSA) is 67.4 Å². The smallest absolute Gasteiger partial charge is 0.255 e. The van der Waals surface area contributed by atoms with Gasteiger partial charge in [-0.15, -0.1) is 0 Å². The van der Waals surface area contributed by atoms with Crippen molar-refractivity contribution in [2.45, 2.75) is 26.3 Å². The van der Waals surface area contributed by atoms with Gasteiger partial charge >= 0.3 is 0 Å². The van der Waals surface area contributed by atoms with Crippen LogP contribution in [-0.2, 0) is 0 Å². The summed E-state index contributed by atoms with van der Waals surface area (Å²) in [6.07, 6.45) is 2.49. The molecule has 0 fully saturated rings. The summed E-state index contributed by atoms with van der Waals surface area (Å²) in [5.41, 5.74) is 1.39. The van der Waals surface area contributed by atoms with Crippen molar-refractivity contribution in [1.29, 1.82) is 0 Å². The predicted octanol–water partition coefficient (Wildman–Crippen LogP) is 4.03. The lowest BCUT2D eigenvalue weighted by atomic mass is 10.1. The number of carbonyl (C=O) groups is 2. The van der Waals surface area contributed by atoms with Crippen LogP contribution in [0.15, 0.2) is 61.2 Å². The molecule has 0 heterocycles. The van der Waals surface area contributed by atoms with Crippen LogP contribution in [0.4, 0.5) is 5.69 Å². The van der Waals surface area contributed by atoms with Crippen LogP contribution in [0.5, 0.6) is 5.75 Å². The molecule has 1 atom stereocenters. The molecule has 0 aliphatic rings. The van der Waals surface area contributed by atoms with E-state index < -0.39 is 0 Å². The largest absolute Gasteiger partial charge is 0.490 e. The van der Waals surface area contributed by atoms with Crippen molar-refractivity contribution in [2.75, 3.05) is 11.9 Å². The van der Waals surface area contributed by atoms with E-state index in [4.69, 9.17) is 4.74 Å². The van der Waals surface area contributed by atoms with Crippen LogP contribution < -0.4 is 15.4 Å². The number of nitrogens with one attached hydrogen (secondary N) is 2. The van der Waals surface area contributed by atoms with Gasteiger partial charge in [0.1, 0.15) is 12.4 Å². The Balaban J connectivity index is 2.11. The van der Waals surface area contributed by atoms with Gasteiger partial charge in [0.25, 0.3) is 11.8 Å². The van der Waals surface area contributed by atoms with Gasteiger partial charge in [-0.25, -0.2) is 0 Å². The van der Waals surface area contributed by atoms with Crippen LogP contribution in [0.25, 0.3) is 0 Å². The lowest BCUT2D eigenvalue weighted by molar-refractivity contribution is 0.0940. The zero-order valence-corrected chi connectivity index (χ0v) is 15.1. The van der Waals surface area contributed by atoms with E-state index in [0.717, 1.165) is 6.42 Å². The SMILES string of the molecule is C=CCOc1ccc(C(=O)Nc2ccccc2C(=O)N[C@@H](C)CC)cc1. The van der Waals surface area contributed by atoms with E-state index in [1.807, 2.05) is 13.8 Å². The fourth-order valence-corrected chi connectivity index (χ4v) is 2.25. The summed E-state index contributed by atoms with van der Waals surface area (Å²) < 4.78 is 5.40. The van der Waals surface area contributed by atoms with Crippen LogP contribution in [0.3, 0.4) is 0 Å². The van der Waals surface area contributed by atoms with Gasteiger partial charge in [-0.2, -0.15) is 0 Å². The summed E-state index contributed by atoms with van der Waals surface area (Å²) >= 11 is 0. The molecule has 2 aromatic carbocycles. The second-order valence-corrected chi connectivity index (χ2v) is 5.91. The number of benzene rings is 2. The third kappa shape index (κ3) is 5.21. The molecule has 2 rings (SSSR count). The molecule has 136 valence electrons. The molecular formula is C21H24N2O3. The van der Waals surface area contributed by atoms with Crippen LogP contribution in [0.2, 0.25) is 0 Å². The summed E-state index contributed by atoms with van der Waals surface area (Å²) in [5, 5.41) is 5.72. The third-order valence-corrected chi connectivity index (χ3v) is 3.89. The average Bonchev–Trinajstić information content (AvgIpc) is 2.66. The molecule has 0 saturated carbocycles. The Labute approximate surface area is 154 Å². The van der Waals surface area contributed by atoms with Crippen molar-refractivity contribution in [3.8, 4) is 5.75 Å². The minimum absolute atomic E-state index is 0.0642. The van der Waals surface area contributed by atoms with Crippen LogP contribution >= 0.6 is 0 Å². The summed E-state index contributed by atoms with van der Waals surface area (Å²) in [5.74, 6) is 0.169. The Morgan fingerprint density at radius 1 is 1.12 bits per heavy atom. The first kappa shape index (κ1) is 19.2. The van der Waals surface area contributed by atoms with Crippen molar-refractivity contribution in [2.24, 2.45) is 0 Å². The zero-order valence-electron chi connectivity index (χ0n) is 15.1. The van der Waals surface area contributed by atoms with Crippen molar-refractivity contribution in [3.63, 3.8) is 0 Å². The number of amides is 2. The average molecular weight is 352 g/mol. The third-order valence-electron chi connectivity index (χ3n) is 3.89. The lowest BCUT2D eigenvalue weighted by Gasteiger charge is -2.14. The highest BCUT2D eigenvalue weighted by atomic mass is 16.5. The second-order valence-electron chi connectivity index (χ2n) is 5.91. The van der Waals surface area contributed by atoms with E-state index in [0.29, 0.717) is 29.2 Å². The van der Waals surface area contributed by atoms with E-state index in [-0.39, 0.29) is 17.9 Å². The standard InChI is InChI=1S/C21H24N2O3/c1-4-14-26-17-12-10-16(11-13-17)20(24)23-19-9-7-6-8-18(19)21(25)22-15(3)5-2/h4,6-13,15H,1,5,14H2,2-3H3,(H,22,25)(H,23,24)/t15-/m0/s1. The molecule has 0 aromatic heterocycles. The molecular weight excluding hydrogens is 328 g/mol. The fourth-order valence-electron chi connectivity index (χ4n) is 2.25. The first-order chi connectivity index (χ1) is 12.5. The van der Waals surface area contributed by atoms with Gasteiger partial charge in [0.2, 0.25) is 0 Å². The molecule has 5 heteroatoms. The molecule has 0 radical (unpaired) electrons. The Morgan fingerprint density at radius 2 is 1.81 bits per heavy atom. The first-order valence-electron chi connectivity index (χ1n) is 8.60. The van der Waals surface area contributed by atoms with Crippen LogP contribution in [0.1, 0.15) is 41.0 Å². The minimum atomic E-state index is -0.288. The summed E-state index contributed by atoms with van der Waals surface area (Å²) in [4.78, 5) is 24.9. The molecule has 5 nitrogen and oxygen atoms in total. The quantitative estimate of drug-likeness (QED) is 0.705. The minimum Gasteiger partial charge on any atom is -0.490 e. The molecule has 2 N–H and O–H groups in total. The van der Waals surface area contributed by atoms with Crippen molar-refractivity contribution in [3.05, 3.63) is 72.3 Å². The van der Waals surface area contributed by atoms with E-state index in [1.54, 1.807) is 54.6 Å². The Bertz CT molecular complexity index is 769. The highest BCUT2D eigenvalue weighted by molar-refractivity contribution is 6.09. The Kier molecular flexibility index (Phi) is 6.97. The maximum atomic E-state index is 12.5. The summed E-state index contributed by atoms with van der Waals surface area (Å²) in [7, 11) is 0. The number of para-hydroxylation sites is 1. The highest BCUT2D eigenvalue weighted by Crippen LogP contribution is 2.18. The van der Waals surface area contributed by atoms with Gasteiger partial charge in [0.15, 0.2) is 0 Å². The second kappa shape index (κ2) is 9.42. The monoisotopic (exact) mass is 352 g/mol. The van der Waals surface area contributed by atoms with Gasteiger partial charge in [-0.3, -0.25) is 9.59 Å². The number of anilines is 1. The number of hydrogen-bond donors (Lipinski definition) is 2. The Morgan fingerprint density at radius 3 is 2.46 bits per heavy atom. The summed E-state index contributed by atoms with van der Waals surface area (Å²) in [6.45, 7) is 7.94. The number of hydrogen-bond acceptors (Lipinski definition) is 3. The molecule has 2 amide bonds. The zero-order chi connectivity index (χ0) is 18.9. The van der Waals surface area contributed by atoms with Gasteiger partial charge in [-0.1, -0.05) is 31.7 Å². The molecule has 0 saturated heterocycles. The molecule has 0 spiro atoms. The lowest BCUT2D eigenvalue weighted by Crippen LogP contribution is -2.32. The predicted molar refractivity (Wildman–Crippen MR) is 104 cm³/mol. The number of rotatable bonds is 8. The van der Waals surface area contributed by atoms with Crippen LogP contribution in [0, 0.1) is 0 Å². The van der Waals surface area contributed by atoms with Crippen LogP contribution in [-0.4, -0.2) is 24.5 Å². The van der Waals surface area contributed by atoms with E-state index in [1.165, 1.54) is 0 Å². The maximum Gasteiger partial charge on any atom is 0.255 e. The van der Waals surface area contributed by atoms with Crippen molar-refractivity contribution >= 4 is 17.5 Å². The molecule has 0 unspecified atom stereocenters. The fraction of sp³-hybridized carbons (Fsp3) is 0.238. The molecule has 0 aliphatic heterocycles.